The van der Waals surface area contributed by atoms with Crippen molar-refractivity contribution in [1.82, 2.24) is 15.1 Å². The van der Waals surface area contributed by atoms with Crippen LogP contribution in [0, 0.1) is 11.6 Å². The van der Waals surface area contributed by atoms with Gasteiger partial charge >= 0.3 is 0 Å². The van der Waals surface area contributed by atoms with E-state index in [9.17, 15) is 18.7 Å². The van der Waals surface area contributed by atoms with Gasteiger partial charge in [0.2, 0.25) is 5.91 Å². The minimum absolute atomic E-state index is 0.0291. The largest absolute Gasteiger partial charge is 0.383 e. The van der Waals surface area contributed by atoms with E-state index in [2.05, 4.69) is 10.4 Å². The average Bonchev–Trinajstić information content (AvgIpc) is 2.89. The molecule has 1 heterocycles. The Hall–Kier alpha value is -2.28. The summed E-state index contributed by atoms with van der Waals surface area (Å²) in [5.41, 5.74) is -0.782. The van der Waals surface area contributed by atoms with Gasteiger partial charge in [-0.05, 0) is 13.0 Å². The van der Waals surface area contributed by atoms with E-state index >= 15 is 0 Å². The second-order valence-corrected chi connectivity index (χ2v) is 5.34. The Morgan fingerprint density at radius 3 is 2.82 bits per heavy atom. The quantitative estimate of drug-likeness (QED) is 0.874. The summed E-state index contributed by atoms with van der Waals surface area (Å²) in [6.45, 7) is 1.47. The molecule has 118 valence electrons. The molecule has 1 aromatic heterocycles. The zero-order valence-electron chi connectivity index (χ0n) is 12.3. The highest BCUT2D eigenvalue weighted by Gasteiger charge is 2.25. The molecule has 1 unspecified atom stereocenters. The van der Waals surface area contributed by atoms with Crippen molar-refractivity contribution in [2.24, 2.45) is 7.05 Å². The summed E-state index contributed by atoms with van der Waals surface area (Å²) in [6.07, 6.45) is 2.84. The zero-order chi connectivity index (χ0) is 16.3. The van der Waals surface area contributed by atoms with E-state index in [0.717, 1.165) is 6.07 Å². The zero-order valence-corrected chi connectivity index (χ0v) is 12.3. The molecule has 22 heavy (non-hydrogen) atoms. The number of hydrogen-bond acceptors (Lipinski definition) is 3. The lowest BCUT2D eigenvalue weighted by molar-refractivity contribution is -0.121. The molecule has 1 aromatic carbocycles. The first-order chi connectivity index (χ1) is 10.3. The molecule has 0 saturated heterocycles. The van der Waals surface area contributed by atoms with E-state index in [1.165, 1.54) is 29.9 Å². The Morgan fingerprint density at radius 2 is 2.18 bits per heavy atom. The fourth-order valence-corrected chi connectivity index (χ4v) is 1.99. The molecule has 1 amide bonds. The fraction of sp³-hybridized carbons (Fsp3) is 0.333. The maximum absolute atomic E-state index is 13.5. The number of nitrogens with zero attached hydrogens (tertiary/aromatic N) is 2. The monoisotopic (exact) mass is 309 g/mol. The number of amides is 1. The van der Waals surface area contributed by atoms with Crippen LogP contribution in [0.5, 0.6) is 0 Å². The molecule has 2 rings (SSSR count). The number of hydrogen-bond donors (Lipinski definition) is 2. The van der Waals surface area contributed by atoms with Crippen LogP contribution in [0.3, 0.4) is 0 Å². The van der Waals surface area contributed by atoms with Crippen molar-refractivity contribution >= 4 is 5.91 Å². The second kappa shape index (κ2) is 6.23. The number of rotatable bonds is 5. The van der Waals surface area contributed by atoms with Gasteiger partial charge in [0.15, 0.2) is 11.6 Å². The third-order valence-electron chi connectivity index (χ3n) is 3.34. The number of aromatic nitrogens is 2. The van der Waals surface area contributed by atoms with Gasteiger partial charge in [0.1, 0.15) is 5.60 Å². The molecule has 0 fully saturated rings. The molecule has 7 heteroatoms. The van der Waals surface area contributed by atoms with Crippen LogP contribution < -0.4 is 5.32 Å². The molecule has 2 aromatic rings. The normalized spacial score (nSPS) is 13.7. The molecule has 0 spiro atoms. The van der Waals surface area contributed by atoms with Crippen molar-refractivity contribution in [2.75, 3.05) is 6.54 Å². The molecular weight excluding hydrogens is 292 g/mol. The van der Waals surface area contributed by atoms with E-state index in [4.69, 9.17) is 0 Å². The highest BCUT2D eigenvalue weighted by Crippen LogP contribution is 2.18. The van der Waals surface area contributed by atoms with Gasteiger partial charge in [-0.1, -0.05) is 12.1 Å². The number of halogens is 2. The molecule has 2 N–H and O–H groups in total. The maximum atomic E-state index is 13.5. The first-order valence-electron chi connectivity index (χ1n) is 6.70. The first-order valence-corrected chi connectivity index (χ1v) is 6.70. The molecule has 0 aliphatic carbocycles. The van der Waals surface area contributed by atoms with Crippen LogP contribution in [-0.2, 0) is 23.9 Å². The summed E-state index contributed by atoms with van der Waals surface area (Å²) in [4.78, 5) is 11.8. The number of carbonyl (C=O) groups excluding carboxylic acids is 1. The Labute approximate surface area is 126 Å². The minimum atomic E-state index is -1.30. The molecule has 0 radical (unpaired) electrons. The molecule has 0 bridgehead atoms. The van der Waals surface area contributed by atoms with E-state index in [1.807, 2.05) is 0 Å². The van der Waals surface area contributed by atoms with Crippen molar-refractivity contribution in [2.45, 2.75) is 18.9 Å². The van der Waals surface area contributed by atoms with Crippen LogP contribution >= 0.6 is 0 Å². The molecule has 0 saturated carbocycles. The van der Waals surface area contributed by atoms with Gasteiger partial charge in [-0.25, -0.2) is 8.78 Å². The van der Waals surface area contributed by atoms with Crippen molar-refractivity contribution < 1.29 is 18.7 Å². The van der Waals surface area contributed by atoms with Gasteiger partial charge in [-0.3, -0.25) is 9.48 Å². The Bertz CT molecular complexity index is 683. The SMILES string of the molecule is Cn1cc(C(C)(O)CNC(=O)Cc2cccc(F)c2F)cn1. The van der Waals surface area contributed by atoms with Gasteiger partial charge < -0.3 is 10.4 Å². The molecule has 5 nitrogen and oxygen atoms in total. The van der Waals surface area contributed by atoms with E-state index < -0.39 is 23.1 Å². The average molecular weight is 309 g/mol. The number of carbonyl (C=O) groups is 1. The van der Waals surface area contributed by atoms with Gasteiger partial charge in [0.05, 0.1) is 19.2 Å². The van der Waals surface area contributed by atoms with Crippen LogP contribution in [0.25, 0.3) is 0 Å². The maximum Gasteiger partial charge on any atom is 0.224 e. The van der Waals surface area contributed by atoms with Crippen LogP contribution in [0.2, 0.25) is 0 Å². The van der Waals surface area contributed by atoms with Gasteiger partial charge in [0.25, 0.3) is 0 Å². The van der Waals surface area contributed by atoms with Crippen LogP contribution in [0.1, 0.15) is 18.1 Å². The Kier molecular flexibility index (Phi) is 4.56. The van der Waals surface area contributed by atoms with Gasteiger partial charge in [-0.2, -0.15) is 5.10 Å². The highest BCUT2D eigenvalue weighted by molar-refractivity contribution is 5.78. The molecular formula is C15H17F2N3O2. The summed E-state index contributed by atoms with van der Waals surface area (Å²) in [5.74, 6) is -2.53. The highest BCUT2D eigenvalue weighted by atomic mass is 19.2. The smallest absolute Gasteiger partial charge is 0.224 e. The third-order valence-corrected chi connectivity index (χ3v) is 3.34. The summed E-state index contributed by atoms with van der Waals surface area (Å²) in [5, 5.41) is 16.8. The first kappa shape index (κ1) is 16.1. The molecule has 0 aliphatic rings. The minimum Gasteiger partial charge on any atom is -0.383 e. The van der Waals surface area contributed by atoms with Crippen molar-refractivity contribution in [3.05, 3.63) is 53.4 Å². The van der Waals surface area contributed by atoms with E-state index in [0.29, 0.717) is 5.56 Å². The van der Waals surface area contributed by atoms with Crippen molar-refractivity contribution in [3.63, 3.8) is 0 Å². The summed E-state index contributed by atoms with van der Waals surface area (Å²) in [7, 11) is 1.71. The number of aliphatic hydroxyl groups is 1. The van der Waals surface area contributed by atoms with E-state index in [1.54, 1.807) is 13.2 Å². The van der Waals surface area contributed by atoms with Crippen LogP contribution in [0.15, 0.2) is 30.6 Å². The molecule has 1 atom stereocenters. The topological polar surface area (TPSA) is 67.2 Å². The van der Waals surface area contributed by atoms with Gasteiger partial charge in [0, 0.05) is 24.4 Å². The predicted molar refractivity (Wildman–Crippen MR) is 75.9 cm³/mol. The van der Waals surface area contributed by atoms with Crippen molar-refractivity contribution in [1.29, 1.82) is 0 Å². The summed E-state index contributed by atoms with van der Waals surface area (Å²) in [6, 6.07) is 3.67. The van der Waals surface area contributed by atoms with Crippen LogP contribution in [-0.4, -0.2) is 27.3 Å². The Morgan fingerprint density at radius 1 is 1.45 bits per heavy atom. The fourth-order valence-electron chi connectivity index (χ4n) is 1.99. The summed E-state index contributed by atoms with van der Waals surface area (Å²) < 4.78 is 28.1. The lowest BCUT2D eigenvalue weighted by Crippen LogP contribution is -2.39. The standard InChI is InChI=1S/C15H17F2N3O2/c1-15(22,11-7-19-20(2)8-11)9-18-13(21)6-10-4-3-5-12(16)14(10)17/h3-5,7-8,22H,6,9H2,1-2H3,(H,18,21). The summed E-state index contributed by atoms with van der Waals surface area (Å²) >= 11 is 0. The van der Waals surface area contributed by atoms with Crippen molar-refractivity contribution in [3.8, 4) is 0 Å². The third kappa shape index (κ3) is 3.67. The number of benzene rings is 1. The predicted octanol–water partition coefficient (Wildman–Crippen LogP) is 1.26. The lowest BCUT2D eigenvalue weighted by Gasteiger charge is -2.22. The van der Waals surface area contributed by atoms with Gasteiger partial charge in [-0.15, -0.1) is 0 Å². The molecule has 0 aliphatic heterocycles. The Balaban J connectivity index is 1.96. The van der Waals surface area contributed by atoms with Crippen LogP contribution in [0.4, 0.5) is 8.78 Å². The number of aryl methyl sites for hydroxylation is 1. The number of nitrogens with one attached hydrogen (secondary N) is 1. The second-order valence-electron chi connectivity index (χ2n) is 5.34. The van der Waals surface area contributed by atoms with E-state index in [-0.39, 0.29) is 18.5 Å². The lowest BCUT2D eigenvalue weighted by atomic mass is 9.99.